The molecule has 0 saturated heterocycles. The van der Waals surface area contributed by atoms with E-state index in [4.69, 9.17) is 33.9 Å². The summed E-state index contributed by atoms with van der Waals surface area (Å²) in [5.74, 6) is -2.97. The van der Waals surface area contributed by atoms with Crippen molar-refractivity contribution in [3.63, 3.8) is 0 Å². The Morgan fingerprint density at radius 2 is 1.44 bits per heavy atom. The number of halogens is 1. The maximum absolute atomic E-state index is 13.6. The van der Waals surface area contributed by atoms with Gasteiger partial charge >= 0.3 is 5.97 Å². The molecule has 0 fully saturated rings. The predicted molar refractivity (Wildman–Crippen MR) is 166 cm³/mol. The number of hydrogen-bond acceptors (Lipinski definition) is 9. The largest absolute Gasteiger partial charge is 0.494 e. The minimum Gasteiger partial charge on any atom is -0.494 e. The summed E-state index contributed by atoms with van der Waals surface area (Å²) in [5.41, 5.74) is -0.863. The molecule has 0 radical (unpaired) electrons. The second-order valence-corrected chi connectivity index (χ2v) is 11.2. The van der Waals surface area contributed by atoms with Gasteiger partial charge in [0.2, 0.25) is 11.8 Å². The summed E-state index contributed by atoms with van der Waals surface area (Å²) in [6.45, 7) is -0.00617. The second kappa shape index (κ2) is 12.2. The van der Waals surface area contributed by atoms with Gasteiger partial charge in [0.15, 0.2) is 21.0 Å². The molecule has 0 aliphatic carbocycles. The lowest BCUT2D eigenvalue weighted by atomic mass is 9.86. The van der Waals surface area contributed by atoms with Crippen LogP contribution >= 0.6 is 40.4 Å². The highest BCUT2D eigenvalue weighted by Gasteiger charge is 2.33. The molecule has 2 aromatic carbocycles. The van der Waals surface area contributed by atoms with Crippen LogP contribution in [0.2, 0.25) is 0 Å². The lowest BCUT2D eigenvalue weighted by molar-refractivity contribution is 0.0696. The van der Waals surface area contributed by atoms with Gasteiger partial charge in [0.25, 0.3) is 11.1 Å². The summed E-state index contributed by atoms with van der Waals surface area (Å²) in [6, 6.07) is 9.34. The highest BCUT2D eigenvalue weighted by Crippen LogP contribution is 2.44. The van der Waals surface area contributed by atoms with Crippen molar-refractivity contribution in [1.82, 2.24) is 18.3 Å². The molecule has 0 unspecified atom stereocenters. The number of aromatic nitrogens is 4. The summed E-state index contributed by atoms with van der Waals surface area (Å²) in [4.78, 5) is 38.7. The molecule has 4 rings (SSSR count). The van der Waals surface area contributed by atoms with Crippen LogP contribution in [0.3, 0.4) is 0 Å². The van der Waals surface area contributed by atoms with Crippen LogP contribution in [0.4, 0.5) is 0 Å². The smallest absolute Gasteiger partial charge is 0.335 e. The van der Waals surface area contributed by atoms with E-state index in [1.54, 1.807) is 18.2 Å². The first kappa shape index (κ1) is 31.7. The van der Waals surface area contributed by atoms with E-state index in [2.05, 4.69) is 15.9 Å². The maximum atomic E-state index is 13.6. The summed E-state index contributed by atoms with van der Waals surface area (Å²) < 4.78 is 16.8. The average molecular weight is 692 g/mol. The van der Waals surface area contributed by atoms with Crippen LogP contribution in [-0.2, 0) is 34.8 Å². The Kier molecular flexibility index (Phi) is 8.99. The Morgan fingerprint density at radius 1 is 0.907 bits per heavy atom. The first-order valence-corrected chi connectivity index (χ1v) is 14.1. The van der Waals surface area contributed by atoms with E-state index in [1.807, 2.05) is 0 Å². The van der Waals surface area contributed by atoms with Gasteiger partial charge in [-0.2, -0.15) is 0 Å². The third kappa shape index (κ3) is 5.62. The van der Waals surface area contributed by atoms with E-state index in [-0.39, 0.29) is 49.9 Å². The molecule has 0 aliphatic heterocycles. The number of benzene rings is 2. The summed E-state index contributed by atoms with van der Waals surface area (Å²) in [6.07, 6.45) is 0. The molecule has 0 amide bonds. The Balaban J connectivity index is 1.99. The molecule has 43 heavy (non-hydrogen) atoms. The molecular weight excluding hydrogens is 664 g/mol. The van der Waals surface area contributed by atoms with Crippen molar-refractivity contribution < 1.29 is 29.6 Å². The van der Waals surface area contributed by atoms with Crippen LogP contribution < -0.4 is 20.6 Å². The molecule has 0 atom stereocenters. The molecule has 0 spiro atoms. The van der Waals surface area contributed by atoms with Crippen molar-refractivity contribution in [3.05, 3.63) is 98.9 Å². The molecule has 0 bridgehead atoms. The van der Waals surface area contributed by atoms with Gasteiger partial charge < -0.3 is 24.8 Å². The fourth-order valence-electron chi connectivity index (χ4n) is 4.70. The average Bonchev–Trinajstić information content (AvgIpc) is 2.99. The molecule has 2 aromatic heterocycles. The fourth-order valence-corrected chi connectivity index (χ4v) is 5.61. The Morgan fingerprint density at radius 3 is 1.93 bits per heavy atom. The molecular formula is C28H27BrN4O8S2. The zero-order chi connectivity index (χ0) is 31.9. The topological polar surface area (TPSA) is 150 Å². The minimum atomic E-state index is -1.33. The number of nitrogens with zero attached hydrogens (tertiary/aromatic N) is 4. The van der Waals surface area contributed by atoms with Gasteiger partial charge in [-0.1, -0.05) is 12.1 Å². The van der Waals surface area contributed by atoms with Gasteiger partial charge in [0.05, 0.1) is 34.2 Å². The summed E-state index contributed by atoms with van der Waals surface area (Å²) in [7, 11) is 7.19. The van der Waals surface area contributed by atoms with Crippen LogP contribution in [0.15, 0.2) is 50.5 Å². The van der Waals surface area contributed by atoms with E-state index >= 15 is 0 Å². The van der Waals surface area contributed by atoms with Crippen molar-refractivity contribution in [2.24, 2.45) is 28.2 Å². The van der Waals surface area contributed by atoms with Crippen LogP contribution in [0, 0.1) is 9.54 Å². The van der Waals surface area contributed by atoms with Crippen molar-refractivity contribution in [3.8, 4) is 23.3 Å². The SMILES string of the molecule is COc1cc(C(c2c(O)n(C)c(=S)n(C)c2=O)c2c(O)n(C)c(=S)n(C)c2=O)cc(Br)c1OCc1cccc(C(=O)O)c1. The Labute approximate surface area is 263 Å². The van der Waals surface area contributed by atoms with E-state index in [0.29, 0.717) is 10.0 Å². The summed E-state index contributed by atoms with van der Waals surface area (Å²) in [5, 5.41) is 31.8. The van der Waals surface area contributed by atoms with Crippen LogP contribution in [0.5, 0.6) is 23.3 Å². The van der Waals surface area contributed by atoms with Gasteiger partial charge in [-0.05, 0) is 75.8 Å². The molecule has 0 aliphatic rings. The molecule has 4 aromatic rings. The number of methoxy groups -OCH3 is 1. The van der Waals surface area contributed by atoms with E-state index in [1.165, 1.54) is 62.6 Å². The molecule has 2 heterocycles. The first-order chi connectivity index (χ1) is 20.2. The van der Waals surface area contributed by atoms with Crippen molar-refractivity contribution in [2.75, 3.05) is 7.11 Å². The van der Waals surface area contributed by atoms with E-state index < -0.39 is 34.8 Å². The standard InChI is InChI=1S/C28H27BrN4O8S2/c1-30-22(34)19(23(35)31(2)27(30)42)18(20-24(36)32(3)28(43)33(4)25(20)37)15-10-16(29)21(17(11-15)40-5)41-12-13-7-6-8-14(9-13)26(38)39/h6-11,18,34,36H,12H2,1-5H3,(H,38,39). The van der Waals surface area contributed by atoms with Crippen LogP contribution in [0.1, 0.15) is 38.5 Å². The van der Waals surface area contributed by atoms with Crippen molar-refractivity contribution in [2.45, 2.75) is 12.5 Å². The quantitative estimate of drug-likeness (QED) is 0.233. The van der Waals surface area contributed by atoms with Gasteiger partial charge in [-0.15, -0.1) is 0 Å². The number of ether oxygens (including phenoxy) is 2. The normalized spacial score (nSPS) is 11.1. The minimum absolute atomic E-state index is 0.00617. The fraction of sp³-hybridized carbons (Fsp3) is 0.250. The third-order valence-corrected chi connectivity index (χ3v) is 8.74. The molecule has 226 valence electrons. The summed E-state index contributed by atoms with van der Waals surface area (Å²) >= 11 is 14.1. The van der Waals surface area contributed by atoms with Crippen LogP contribution in [0.25, 0.3) is 0 Å². The molecule has 15 heteroatoms. The van der Waals surface area contributed by atoms with Gasteiger partial charge in [-0.3, -0.25) is 27.9 Å². The third-order valence-electron chi connectivity index (χ3n) is 7.05. The number of aromatic hydroxyl groups is 2. The van der Waals surface area contributed by atoms with Gasteiger partial charge in [0.1, 0.15) is 6.61 Å². The van der Waals surface area contributed by atoms with Gasteiger partial charge in [-0.25, -0.2) is 4.79 Å². The first-order valence-electron chi connectivity index (χ1n) is 12.5. The lowest BCUT2D eigenvalue weighted by Crippen LogP contribution is -2.33. The molecule has 0 saturated carbocycles. The Hall–Kier alpha value is -4.21. The monoisotopic (exact) mass is 690 g/mol. The van der Waals surface area contributed by atoms with Gasteiger partial charge in [0, 0.05) is 28.2 Å². The zero-order valence-electron chi connectivity index (χ0n) is 23.6. The number of carboxylic acid groups (broad SMARTS) is 1. The van der Waals surface area contributed by atoms with Crippen molar-refractivity contribution in [1.29, 1.82) is 0 Å². The van der Waals surface area contributed by atoms with E-state index in [0.717, 1.165) is 9.13 Å². The molecule has 12 nitrogen and oxygen atoms in total. The van der Waals surface area contributed by atoms with Crippen LogP contribution in [-0.4, -0.2) is 46.7 Å². The number of rotatable bonds is 8. The zero-order valence-corrected chi connectivity index (χ0v) is 26.8. The Bertz CT molecular complexity index is 1940. The highest BCUT2D eigenvalue weighted by atomic mass is 79.9. The maximum Gasteiger partial charge on any atom is 0.335 e. The number of carboxylic acids is 1. The lowest BCUT2D eigenvalue weighted by Gasteiger charge is -2.24. The number of aromatic carboxylic acids is 1. The highest BCUT2D eigenvalue weighted by molar-refractivity contribution is 9.10. The number of carbonyl (C=O) groups is 1. The van der Waals surface area contributed by atoms with E-state index in [9.17, 15) is 29.7 Å². The number of hydrogen-bond donors (Lipinski definition) is 3. The second-order valence-electron chi connectivity index (χ2n) is 9.65. The van der Waals surface area contributed by atoms with Crippen molar-refractivity contribution >= 4 is 46.3 Å². The molecule has 3 N–H and O–H groups in total. The predicted octanol–water partition coefficient (Wildman–Crippen LogP) is 3.86.